The molecule has 0 spiro atoms. The summed E-state index contributed by atoms with van der Waals surface area (Å²) >= 11 is 0. The molecule has 0 fully saturated rings. The van der Waals surface area contributed by atoms with Gasteiger partial charge < -0.3 is 10.1 Å². The molecule has 0 amide bonds. The van der Waals surface area contributed by atoms with E-state index in [1.807, 2.05) is 0 Å². The number of nitrogens with zero attached hydrogens (tertiary/aromatic N) is 1. The number of hydrogen-bond acceptors (Lipinski definition) is 3. The molecule has 0 saturated carbocycles. The van der Waals surface area contributed by atoms with Crippen LogP contribution in [-0.2, 0) is 9.53 Å². The number of benzene rings is 2. The van der Waals surface area contributed by atoms with Gasteiger partial charge >= 0.3 is 5.97 Å². The number of aryl methyl sites for hydroxylation is 1. The van der Waals surface area contributed by atoms with Crippen molar-refractivity contribution in [3.63, 3.8) is 0 Å². The summed E-state index contributed by atoms with van der Waals surface area (Å²) < 4.78 is 6.95. The Morgan fingerprint density at radius 2 is 1.82 bits per heavy atom. The summed E-state index contributed by atoms with van der Waals surface area (Å²) in [7, 11) is 3.69. The van der Waals surface area contributed by atoms with Gasteiger partial charge in [0, 0.05) is 30.8 Å². The Bertz CT molecular complexity index is 1260. The first-order valence-corrected chi connectivity index (χ1v) is 14.9. The molecule has 0 saturated heterocycles. The molecule has 1 heterocycles. The van der Waals surface area contributed by atoms with Gasteiger partial charge in [-0.3, -0.25) is 4.79 Å². The minimum absolute atomic E-state index is 0.161. The molecule has 4 nitrogen and oxygen atoms in total. The molecule has 34 heavy (non-hydrogen) atoms. The Kier molecular flexibility index (Phi) is 6.76. The Hall–Kier alpha value is -3.18. The maximum Gasteiger partial charge on any atom is 0.305 e. The highest BCUT2D eigenvalue weighted by atomic mass is 28.3. The van der Waals surface area contributed by atoms with Gasteiger partial charge in [0.05, 0.1) is 7.11 Å². The predicted molar refractivity (Wildman–Crippen MR) is 145 cm³/mol. The van der Waals surface area contributed by atoms with E-state index in [1.54, 1.807) is 0 Å². The topological polar surface area (TPSA) is 41.3 Å². The second kappa shape index (κ2) is 9.59. The lowest BCUT2D eigenvalue weighted by Crippen LogP contribution is -2.49. The van der Waals surface area contributed by atoms with E-state index < -0.39 is 8.07 Å². The summed E-state index contributed by atoms with van der Waals surface area (Å²) in [5.41, 5.74) is 8.98. The maximum atomic E-state index is 11.4. The minimum Gasteiger partial charge on any atom is -0.469 e. The van der Waals surface area contributed by atoms with Crippen molar-refractivity contribution in [2.24, 2.45) is 0 Å². The number of hydrogen-bond donors (Lipinski definition) is 1. The van der Waals surface area contributed by atoms with Crippen LogP contribution in [0.15, 0.2) is 71.5 Å². The van der Waals surface area contributed by atoms with Crippen molar-refractivity contribution in [1.82, 2.24) is 0 Å². The molecule has 0 unspecified atom stereocenters. The fourth-order valence-corrected chi connectivity index (χ4v) is 8.01. The molecule has 1 aliphatic carbocycles. The molecule has 0 bridgehead atoms. The van der Waals surface area contributed by atoms with Crippen molar-refractivity contribution in [3.8, 4) is 0 Å². The molecule has 1 aliphatic heterocycles. The highest BCUT2D eigenvalue weighted by Gasteiger charge is 2.40. The fraction of sp³-hybridized carbons (Fsp3) is 0.310. The third kappa shape index (κ3) is 4.45. The zero-order valence-corrected chi connectivity index (χ0v) is 22.2. The highest BCUT2D eigenvalue weighted by Crippen LogP contribution is 2.42. The number of ether oxygens (including phenoxy) is 1. The van der Waals surface area contributed by atoms with Crippen molar-refractivity contribution in [2.75, 3.05) is 33.1 Å². The number of anilines is 1. The Morgan fingerprint density at radius 3 is 2.53 bits per heavy atom. The number of fused-ring (bicyclic) bond motifs is 2. The van der Waals surface area contributed by atoms with E-state index in [9.17, 15) is 4.79 Å². The molecular formula is C29H35N2O2Si+. The standard InChI is InChI=1S/C29H34N2O2Si/c1-20-10-7-8-11-23(20)29-24-15-13-21(30-17-9-12-28(32)33-4)18-26(24)34(5,6)27-19-22(31(2)3)14-16-25(27)29/h7-8,10-11,13-16,18-19H,9,12,17H2,1-6H3/p+1. The first-order valence-electron chi connectivity index (χ1n) is 11.9. The summed E-state index contributed by atoms with van der Waals surface area (Å²) in [6.45, 7) is 7.86. The maximum absolute atomic E-state index is 11.4. The van der Waals surface area contributed by atoms with Gasteiger partial charge in [0.2, 0.25) is 0 Å². The Balaban J connectivity index is 1.83. The summed E-state index contributed by atoms with van der Waals surface area (Å²) in [5, 5.41) is 6.46. The molecule has 2 aliphatic rings. The van der Waals surface area contributed by atoms with Gasteiger partial charge in [-0.05, 0) is 69.8 Å². The van der Waals surface area contributed by atoms with Crippen molar-refractivity contribution in [2.45, 2.75) is 32.9 Å². The molecule has 176 valence electrons. The van der Waals surface area contributed by atoms with Gasteiger partial charge in [-0.15, -0.1) is 0 Å². The molecule has 0 atom stereocenters. The van der Waals surface area contributed by atoms with Gasteiger partial charge in [-0.2, -0.15) is 0 Å². The van der Waals surface area contributed by atoms with Crippen molar-refractivity contribution in [3.05, 3.63) is 88.2 Å². The lowest BCUT2D eigenvalue weighted by atomic mass is 9.87. The van der Waals surface area contributed by atoms with Gasteiger partial charge in [0.1, 0.15) is 22.2 Å². The molecule has 0 radical (unpaired) electrons. The Morgan fingerprint density at radius 1 is 1.06 bits per heavy atom. The van der Waals surface area contributed by atoms with Crippen LogP contribution in [-0.4, -0.2) is 52.1 Å². The van der Waals surface area contributed by atoms with E-state index in [0.29, 0.717) is 6.42 Å². The first kappa shape index (κ1) is 24.0. The zero-order chi connectivity index (χ0) is 24.5. The van der Waals surface area contributed by atoms with Crippen LogP contribution in [0.5, 0.6) is 0 Å². The average molecular weight is 472 g/mol. The number of methoxy groups -OCH3 is 1. The van der Waals surface area contributed by atoms with E-state index in [1.165, 1.54) is 51.0 Å². The van der Waals surface area contributed by atoms with Gasteiger partial charge in [-0.1, -0.05) is 43.4 Å². The smallest absolute Gasteiger partial charge is 0.305 e. The molecule has 0 aromatic heterocycles. The summed E-state index contributed by atoms with van der Waals surface area (Å²) in [6.07, 6.45) is 8.15. The molecule has 2 aromatic carbocycles. The van der Waals surface area contributed by atoms with E-state index in [-0.39, 0.29) is 5.97 Å². The normalized spacial score (nSPS) is 15.9. The lowest BCUT2D eigenvalue weighted by Gasteiger charge is -2.38. The summed E-state index contributed by atoms with van der Waals surface area (Å²) in [5.74, 6) is -0.161. The van der Waals surface area contributed by atoms with Crippen LogP contribution < -0.4 is 10.5 Å². The number of rotatable bonds is 6. The van der Waals surface area contributed by atoms with Crippen molar-refractivity contribution < 1.29 is 14.1 Å². The first-order chi connectivity index (χ1) is 16.2. The molecule has 5 heteroatoms. The SMILES string of the molecule is COC(=O)CCCNc1ccc2c(c1)[Si](C)(C)C1=CC(=[N+](C)C)C=CC1=C2c1ccccc1C. The number of carbonyl (C=O) groups is 1. The van der Waals surface area contributed by atoms with Crippen LogP contribution in [0.25, 0.3) is 5.57 Å². The third-order valence-electron chi connectivity index (χ3n) is 6.95. The zero-order valence-electron chi connectivity index (χ0n) is 21.2. The second-order valence-electron chi connectivity index (χ2n) is 9.81. The van der Waals surface area contributed by atoms with E-state index >= 15 is 0 Å². The van der Waals surface area contributed by atoms with Gasteiger partial charge in [0.15, 0.2) is 5.71 Å². The quantitative estimate of drug-likeness (QED) is 0.284. The predicted octanol–water partition coefficient (Wildman–Crippen LogP) is 4.84. The second-order valence-corrected chi connectivity index (χ2v) is 14.1. The molecular weight excluding hydrogens is 436 g/mol. The van der Waals surface area contributed by atoms with Gasteiger partial charge in [0.25, 0.3) is 0 Å². The Labute approximate surface area is 204 Å². The van der Waals surface area contributed by atoms with E-state index in [0.717, 1.165) is 18.7 Å². The average Bonchev–Trinajstić information content (AvgIpc) is 2.83. The summed E-state index contributed by atoms with van der Waals surface area (Å²) in [4.78, 5) is 11.4. The number of allylic oxidation sites excluding steroid dienone is 5. The number of nitrogens with one attached hydrogen (secondary N) is 1. The molecule has 4 rings (SSSR count). The van der Waals surface area contributed by atoms with E-state index in [2.05, 4.69) is 105 Å². The monoisotopic (exact) mass is 471 g/mol. The van der Waals surface area contributed by atoms with Crippen LogP contribution in [0.4, 0.5) is 5.69 Å². The van der Waals surface area contributed by atoms with Crippen LogP contribution in [0.2, 0.25) is 13.1 Å². The molecule has 1 N–H and O–H groups in total. The van der Waals surface area contributed by atoms with Crippen LogP contribution in [0.1, 0.15) is 29.5 Å². The molecule has 2 aromatic rings. The number of esters is 1. The largest absolute Gasteiger partial charge is 0.469 e. The van der Waals surface area contributed by atoms with Crippen LogP contribution in [0, 0.1) is 6.92 Å². The van der Waals surface area contributed by atoms with Crippen molar-refractivity contribution >= 4 is 36.2 Å². The van der Waals surface area contributed by atoms with Crippen LogP contribution in [0.3, 0.4) is 0 Å². The highest BCUT2D eigenvalue weighted by molar-refractivity contribution is 6.98. The summed E-state index contributed by atoms with van der Waals surface area (Å²) in [6, 6.07) is 15.5. The van der Waals surface area contributed by atoms with Crippen molar-refractivity contribution in [1.29, 1.82) is 0 Å². The van der Waals surface area contributed by atoms with Crippen LogP contribution >= 0.6 is 0 Å². The van der Waals surface area contributed by atoms with E-state index in [4.69, 9.17) is 4.74 Å². The van der Waals surface area contributed by atoms with Gasteiger partial charge in [-0.25, -0.2) is 4.58 Å². The minimum atomic E-state index is -1.97. The fourth-order valence-electron chi connectivity index (χ4n) is 4.94. The lowest BCUT2D eigenvalue weighted by molar-refractivity contribution is -0.462. The number of carbonyl (C=O) groups excluding carboxylic acids is 1. The third-order valence-corrected chi connectivity index (χ3v) is 10.5.